The standard InChI is InChI=1S/C14H20N2O/c15-13-1-2-14-12(9-13)3-6-16(14)10-11-4-7-17-8-5-11/h1-2,9,11H,3-8,10,15H2. The summed E-state index contributed by atoms with van der Waals surface area (Å²) < 4.78 is 5.41. The highest BCUT2D eigenvalue weighted by atomic mass is 16.5. The molecule has 2 aliphatic rings. The second-order valence-corrected chi connectivity index (χ2v) is 5.14. The zero-order valence-corrected chi connectivity index (χ0v) is 10.2. The number of rotatable bonds is 2. The first-order valence-corrected chi connectivity index (χ1v) is 6.54. The lowest BCUT2D eigenvalue weighted by molar-refractivity contribution is 0.0683. The maximum Gasteiger partial charge on any atom is 0.0469 e. The molecule has 1 fully saturated rings. The van der Waals surface area contributed by atoms with E-state index in [9.17, 15) is 0 Å². The minimum Gasteiger partial charge on any atom is -0.399 e. The molecule has 0 atom stereocenters. The van der Waals surface area contributed by atoms with E-state index in [1.54, 1.807) is 0 Å². The monoisotopic (exact) mass is 232 g/mol. The van der Waals surface area contributed by atoms with Crippen LogP contribution in [0.15, 0.2) is 18.2 Å². The summed E-state index contributed by atoms with van der Waals surface area (Å²) in [6, 6.07) is 6.32. The van der Waals surface area contributed by atoms with Gasteiger partial charge in [0.05, 0.1) is 0 Å². The largest absolute Gasteiger partial charge is 0.399 e. The molecule has 3 rings (SSSR count). The van der Waals surface area contributed by atoms with Crippen LogP contribution < -0.4 is 10.6 Å². The second kappa shape index (κ2) is 4.57. The second-order valence-electron chi connectivity index (χ2n) is 5.14. The van der Waals surface area contributed by atoms with Crippen molar-refractivity contribution in [1.82, 2.24) is 0 Å². The van der Waals surface area contributed by atoms with E-state index in [2.05, 4.69) is 17.0 Å². The van der Waals surface area contributed by atoms with Crippen LogP contribution in [-0.2, 0) is 11.2 Å². The molecule has 0 bridgehead atoms. The topological polar surface area (TPSA) is 38.5 Å². The van der Waals surface area contributed by atoms with E-state index >= 15 is 0 Å². The molecule has 17 heavy (non-hydrogen) atoms. The third-order valence-corrected chi connectivity index (χ3v) is 3.91. The molecule has 1 saturated heterocycles. The van der Waals surface area contributed by atoms with Crippen LogP contribution in [0.5, 0.6) is 0 Å². The molecule has 1 aromatic rings. The van der Waals surface area contributed by atoms with Gasteiger partial charge in [0, 0.05) is 37.7 Å². The predicted molar refractivity (Wildman–Crippen MR) is 70.3 cm³/mol. The smallest absolute Gasteiger partial charge is 0.0469 e. The summed E-state index contributed by atoms with van der Waals surface area (Å²) in [5.74, 6) is 0.798. The Kier molecular flexibility index (Phi) is 2.93. The molecule has 0 amide bonds. The van der Waals surface area contributed by atoms with Crippen LogP contribution >= 0.6 is 0 Å². The summed E-state index contributed by atoms with van der Waals surface area (Å²) in [4.78, 5) is 2.52. The van der Waals surface area contributed by atoms with Crippen LogP contribution in [0.3, 0.4) is 0 Å². The van der Waals surface area contributed by atoms with E-state index in [0.717, 1.165) is 37.8 Å². The quantitative estimate of drug-likeness (QED) is 0.793. The van der Waals surface area contributed by atoms with Crippen molar-refractivity contribution >= 4 is 11.4 Å². The Morgan fingerprint density at radius 1 is 1.29 bits per heavy atom. The van der Waals surface area contributed by atoms with E-state index < -0.39 is 0 Å². The van der Waals surface area contributed by atoms with Crippen molar-refractivity contribution in [2.75, 3.05) is 36.9 Å². The molecule has 92 valence electrons. The molecule has 3 nitrogen and oxygen atoms in total. The average molecular weight is 232 g/mol. The number of benzene rings is 1. The summed E-state index contributed by atoms with van der Waals surface area (Å²) in [6.07, 6.45) is 3.56. The number of hydrogen-bond acceptors (Lipinski definition) is 3. The maximum absolute atomic E-state index is 5.83. The zero-order valence-electron chi connectivity index (χ0n) is 10.2. The van der Waals surface area contributed by atoms with Crippen molar-refractivity contribution in [3.05, 3.63) is 23.8 Å². The van der Waals surface area contributed by atoms with Gasteiger partial charge >= 0.3 is 0 Å². The van der Waals surface area contributed by atoms with Gasteiger partial charge in [0.15, 0.2) is 0 Å². The van der Waals surface area contributed by atoms with E-state index in [0.29, 0.717) is 0 Å². The van der Waals surface area contributed by atoms with Gasteiger partial charge in [-0.25, -0.2) is 0 Å². The van der Waals surface area contributed by atoms with Crippen LogP contribution in [0, 0.1) is 5.92 Å². The summed E-state index contributed by atoms with van der Waals surface area (Å²) in [7, 11) is 0. The number of fused-ring (bicyclic) bond motifs is 1. The third kappa shape index (κ3) is 2.25. The Morgan fingerprint density at radius 3 is 2.94 bits per heavy atom. The number of nitrogens with zero attached hydrogens (tertiary/aromatic N) is 1. The molecule has 0 saturated carbocycles. The summed E-state index contributed by atoms with van der Waals surface area (Å²) in [5.41, 5.74) is 9.52. The first-order valence-electron chi connectivity index (χ1n) is 6.54. The van der Waals surface area contributed by atoms with E-state index in [4.69, 9.17) is 10.5 Å². The Bertz CT molecular complexity index is 399. The predicted octanol–water partition coefficient (Wildman–Crippen LogP) is 2.06. The molecule has 2 aliphatic heterocycles. The van der Waals surface area contributed by atoms with Crippen LogP contribution in [0.1, 0.15) is 18.4 Å². The number of hydrogen-bond donors (Lipinski definition) is 1. The SMILES string of the molecule is Nc1ccc2c(c1)CCN2CC1CCOCC1. The van der Waals surface area contributed by atoms with Gasteiger partial charge in [-0.05, 0) is 48.9 Å². The average Bonchev–Trinajstić information content (AvgIpc) is 2.73. The lowest BCUT2D eigenvalue weighted by atomic mass is 10.00. The van der Waals surface area contributed by atoms with Gasteiger partial charge in [-0.1, -0.05) is 0 Å². The van der Waals surface area contributed by atoms with Gasteiger partial charge in [0.1, 0.15) is 0 Å². The molecular weight excluding hydrogens is 212 g/mol. The van der Waals surface area contributed by atoms with Gasteiger partial charge in [-0.2, -0.15) is 0 Å². The molecule has 0 unspecified atom stereocenters. The van der Waals surface area contributed by atoms with E-state index in [1.165, 1.54) is 30.6 Å². The van der Waals surface area contributed by atoms with Crippen molar-refractivity contribution in [1.29, 1.82) is 0 Å². The highest BCUT2D eigenvalue weighted by molar-refractivity contribution is 5.62. The van der Waals surface area contributed by atoms with E-state index in [-0.39, 0.29) is 0 Å². The lowest BCUT2D eigenvalue weighted by Gasteiger charge is -2.28. The Labute approximate surface area is 103 Å². The van der Waals surface area contributed by atoms with Gasteiger partial charge in [-0.3, -0.25) is 0 Å². The Balaban J connectivity index is 1.70. The fourth-order valence-corrected chi connectivity index (χ4v) is 2.92. The van der Waals surface area contributed by atoms with Crippen LogP contribution in [0.25, 0.3) is 0 Å². The molecule has 1 aromatic carbocycles. The zero-order chi connectivity index (χ0) is 11.7. The molecular formula is C14H20N2O. The molecule has 0 spiro atoms. The number of ether oxygens (including phenoxy) is 1. The number of anilines is 2. The summed E-state index contributed by atoms with van der Waals surface area (Å²) >= 11 is 0. The molecule has 0 radical (unpaired) electrons. The Morgan fingerprint density at radius 2 is 2.12 bits per heavy atom. The first-order chi connectivity index (χ1) is 8.33. The number of nitrogens with two attached hydrogens (primary N) is 1. The number of nitrogen functional groups attached to an aromatic ring is 1. The van der Waals surface area contributed by atoms with Gasteiger partial charge in [0.2, 0.25) is 0 Å². The van der Waals surface area contributed by atoms with Crippen molar-refractivity contribution < 1.29 is 4.74 Å². The van der Waals surface area contributed by atoms with Crippen molar-refractivity contribution in [3.8, 4) is 0 Å². The van der Waals surface area contributed by atoms with Crippen molar-refractivity contribution in [3.63, 3.8) is 0 Å². The lowest BCUT2D eigenvalue weighted by Crippen LogP contribution is -2.31. The van der Waals surface area contributed by atoms with Gasteiger partial charge in [-0.15, -0.1) is 0 Å². The molecule has 2 heterocycles. The molecule has 2 N–H and O–H groups in total. The molecule has 3 heteroatoms. The van der Waals surface area contributed by atoms with Gasteiger partial charge in [0.25, 0.3) is 0 Å². The van der Waals surface area contributed by atoms with Crippen molar-refractivity contribution in [2.24, 2.45) is 5.92 Å². The highest BCUT2D eigenvalue weighted by Gasteiger charge is 2.23. The fraction of sp³-hybridized carbons (Fsp3) is 0.571. The van der Waals surface area contributed by atoms with Crippen LogP contribution in [0.4, 0.5) is 11.4 Å². The normalized spacial score (nSPS) is 20.6. The highest BCUT2D eigenvalue weighted by Crippen LogP contribution is 2.31. The fourth-order valence-electron chi connectivity index (χ4n) is 2.92. The van der Waals surface area contributed by atoms with Gasteiger partial charge < -0.3 is 15.4 Å². The van der Waals surface area contributed by atoms with E-state index in [1.807, 2.05) is 6.07 Å². The van der Waals surface area contributed by atoms with Crippen LogP contribution in [-0.4, -0.2) is 26.3 Å². The summed E-state index contributed by atoms with van der Waals surface area (Å²) in [6.45, 7) is 4.20. The van der Waals surface area contributed by atoms with Crippen LogP contribution in [0.2, 0.25) is 0 Å². The minimum absolute atomic E-state index is 0.798. The maximum atomic E-state index is 5.83. The van der Waals surface area contributed by atoms with Crippen molar-refractivity contribution in [2.45, 2.75) is 19.3 Å². The first kappa shape index (κ1) is 10.9. The molecule has 0 aliphatic carbocycles. The Hall–Kier alpha value is -1.22. The summed E-state index contributed by atoms with van der Waals surface area (Å²) in [5, 5.41) is 0. The molecule has 0 aromatic heterocycles. The minimum atomic E-state index is 0.798. The third-order valence-electron chi connectivity index (χ3n) is 3.91.